The molecule has 3 N–H and O–H groups in total. The Morgan fingerprint density at radius 3 is 2.62 bits per heavy atom. The number of carboxylic acid groups (broad SMARTS) is 1. The Morgan fingerprint density at radius 1 is 1.27 bits per heavy atom. The molecule has 26 heavy (non-hydrogen) atoms. The van der Waals surface area contributed by atoms with Crippen LogP contribution < -0.4 is 15.5 Å². The summed E-state index contributed by atoms with van der Waals surface area (Å²) in [5.41, 5.74) is 3.43. The number of nitro groups is 1. The summed E-state index contributed by atoms with van der Waals surface area (Å²) in [4.78, 5) is 20.9. The number of nitrogens with zero attached hydrogens (tertiary/aromatic N) is 2. The zero-order valence-corrected chi connectivity index (χ0v) is 14.1. The van der Waals surface area contributed by atoms with Crippen molar-refractivity contribution in [1.82, 2.24) is 5.43 Å². The lowest BCUT2D eigenvalue weighted by molar-refractivity contribution is -0.383. The summed E-state index contributed by atoms with van der Waals surface area (Å²) in [5, 5.41) is 26.2. The minimum absolute atomic E-state index is 0.0944. The van der Waals surface area contributed by atoms with Crippen LogP contribution in [0.1, 0.15) is 5.56 Å². The van der Waals surface area contributed by atoms with Gasteiger partial charge in [0.15, 0.2) is 11.7 Å². The molecule has 0 aliphatic rings. The van der Waals surface area contributed by atoms with Gasteiger partial charge in [-0.1, -0.05) is 12.1 Å². The van der Waals surface area contributed by atoms with Crippen LogP contribution in [0.25, 0.3) is 0 Å². The summed E-state index contributed by atoms with van der Waals surface area (Å²) in [5.74, 6) is -0.634. The summed E-state index contributed by atoms with van der Waals surface area (Å²) in [6.07, 6.45) is 1.48. The first-order chi connectivity index (χ1) is 12.5. The van der Waals surface area contributed by atoms with Gasteiger partial charge in [0.05, 0.1) is 11.1 Å². The van der Waals surface area contributed by atoms with Crippen LogP contribution >= 0.6 is 12.2 Å². The zero-order valence-electron chi connectivity index (χ0n) is 13.3. The molecule has 0 radical (unpaired) electrons. The van der Waals surface area contributed by atoms with Crippen LogP contribution in [-0.2, 0) is 4.79 Å². The van der Waals surface area contributed by atoms with Crippen molar-refractivity contribution in [1.29, 1.82) is 0 Å². The Morgan fingerprint density at radius 2 is 1.96 bits per heavy atom. The van der Waals surface area contributed by atoms with Crippen molar-refractivity contribution in [3.8, 4) is 5.75 Å². The van der Waals surface area contributed by atoms with Gasteiger partial charge in [0.2, 0.25) is 0 Å². The van der Waals surface area contributed by atoms with Crippen LogP contribution in [0.2, 0.25) is 0 Å². The monoisotopic (exact) mass is 374 g/mol. The summed E-state index contributed by atoms with van der Waals surface area (Å²) >= 11 is 5.04. The van der Waals surface area contributed by atoms with Crippen LogP contribution in [0.4, 0.5) is 11.4 Å². The van der Waals surface area contributed by atoms with Gasteiger partial charge in [0, 0.05) is 6.07 Å². The molecule has 2 aromatic rings. The molecule has 0 atom stereocenters. The lowest BCUT2D eigenvalue weighted by atomic mass is 10.2. The third-order valence-corrected chi connectivity index (χ3v) is 3.16. The highest BCUT2D eigenvalue weighted by atomic mass is 32.1. The number of carboxylic acids is 1. The van der Waals surface area contributed by atoms with Gasteiger partial charge in [0.1, 0.15) is 11.4 Å². The molecule has 2 aromatic carbocycles. The van der Waals surface area contributed by atoms with E-state index in [2.05, 4.69) is 15.8 Å². The fourth-order valence-corrected chi connectivity index (χ4v) is 2.01. The van der Waals surface area contributed by atoms with Gasteiger partial charge in [-0.2, -0.15) is 5.10 Å². The first-order valence-corrected chi connectivity index (χ1v) is 7.64. The Balaban J connectivity index is 1.89. The van der Waals surface area contributed by atoms with Crippen LogP contribution in [0, 0.1) is 10.1 Å². The molecule has 0 aliphatic carbocycles. The van der Waals surface area contributed by atoms with Crippen LogP contribution in [0.3, 0.4) is 0 Å². The maximum atomic E-state index is 10.9. The van der Waals surface area contributed by atoms with E-state index in [4.69, 9.17) is 22.1 Å². The van der Waals surface area contributed by atoms with Crippen molar-refractivity contribution in [2.75, 3.05) is 11.9 Å². The van der Waals surface area contributed by atoms with Gasteiger partial charge < -0.3 is 15.2 Å². The van der Waals surface area contributed by atoms with Crippen molar-refractivity contribution in [3.63, 3.8) is 0 Å². The van der Waals surface area contributed by atoms with E-state index in [0.29, 0.717) is 11.3 Å². The highest BCUT2D eigenvalue weighted by Gasteiger charge is 2.12. The maximum absolute atomic E-state index is 10.9. The molecule has 0 aromatic heterocycles. The first-order valence-electron chi connectivity index (χ1n) is 7.24. The van der Waals surface area contributed by atoms with Gasteiger partial charge in [-0.3, -0.25) is 15.5 Å². The number of nitrogens with one attached hydrogen (secondary N) is 2. The number of para-hydroxylation sites is 2. The number of hydrogen-bond acceptors (Lipinski definition) is 6. The molecule has 0 spiro atoms. The topological polar surface area (TPSA) is 126 Å². The number of ether oxygens (including phenoxy) is 1. The van der Waals surface area contributed by atoms with E-state index in [-0.39, 0.29) is 16.5 Å². The summed E-state index contributed by atoms with van der Waals surface area (Å²) in [7, 11) is 0. The Labute approximate surface area is 153 Å². The average molecular weight is 374 g/mol. The van der Waals surface area contributed by atoms with Crippen LogP contribution in [0.5, 0.6) is 5.75 Å². The summed E-state index contributed by atoms with van der Waals surface area (Å²) in [6.45, 7) is -0.416. The molecule has 0 saturated heterocycles. The van der Waals surface area contributed by atoms with E-state index in [9.17, 15) is 14.9 Å². The molecular weight excluding hydrogens is 360 g/mol. The van der Waals surface area contributed by atoms with Gasteiger partial charge >= 0.3 is 5.97 Å². The van der Waals surface area contributed by atoms with E-state index in [0.717, 1.165) is 0 Å². The summed E-state index contributed by atoms with van der Waals surface area (Å²) < 4.78 is 5.02. The fourth-order valence-electron chi connectivity index (χ4n) is 1.85. The van der Waals surface area contributed by atoms with E-state index in [1.54, 1.807) is 36.4 Å². The van der Waals surface area contributed by atoms with Gasteiger partial charge in [-0.15, -0.1) is 0 Å². The molecule has 10 heteroatoms. The molecule has 0 unspecified atom stereocenters. The molecule has 0 aliphatic heterocycles. The highest BCUT2D eigenvalue weighted by Crippen LogP contribution is 2.22. The number of carbonyl (C=O) groups is 1. The summed E-state index contributed by atoms with van der Waals surface area (Å²) in [6, 6.07) is 12.7. The smallest absolute Gasteiger partial charge is 0.341 e. The fraction of sp³-hybridized carbons (Fsp3) is 0.0625. The standard InChI is InChI=1S/C16H14N4O5S/c21-15(22)10-25-12-7-5-11(6-8-12)9-17-19-16(26)18-13-3-1-2-4-14(13)20(23)24/h1-9H,10H2,(H,21,22)(H2,18,19,26)/b17-9-. The van der Waals surface area contributed by atoms with Crippen molar-refractivity contribution in [2.45, 2.75) is 0 Å². The second-order valence-corrected chi connectivity index (χ2v) is 5.26. The predicted molar refractivity (Wildman–Crippen MR) is 99.6 cm³/mol. The third kappa shape index (κ3) is 5.83. The van der Waals surface area contributed by atoms with Gasteiger partial charge in [-0.05, 0) is 48.1 Å². The molecule has 134 valence electrons. The van der Waals surface area contributed by atoms with Gasteiger partial charge in [-0.25, -0.2) is 4.79 Å². The van der Waals surface area contributed by atoms with Crippen molar-refractivity contribution < 1.29 is 19.6 Å². The number of nitro benzene ring substituents is 1. The minimum atomic E-state index is -1.06. The SMILES string of the molecule is O=C(O)COc1ccc(/C=N\NC(=S)Nc2ccccc2[N+](=O)[O-])cc1. The Kier molecular flexibility index (Phi) is 6.57. The zero-order chi connectivity index (χ0) is 18.9. The van der Waals surface area contributed by atoms with E-state index >= 15 is 0 Å². The van der Waals surface area contributed by atoms with Crippen molar-refractivity contribution in [3.05, 3.63) is 64.2 Å². The first kappa shape index (κ1) is 18.8. The minimum Gasteiger partial charge on any atom is -0.482 e. The lowest BCUT2D eigenvalue weighted by Gasteiger charge is -2.07. The van der Waals surface area contributed by atoms with E-state index in [1.165, 1.54) is 18.3 Å². The predicted octanol–water partition coefficient (Wildman–Crippen LogP) is 2.38. The Hall–Kier alpha value is -3.53. The molecule has 0 heterocycles. The quantitative estimate of drug-likeness (QED) is 0.292. The average Bonchev–Trinajstić information content (AvgIpc) is 2.61. The largest absolute Gasteiger partial charge is 0.482 e. The normalized spacial score (nSPS) is 10.3. The van der Waals surface area contributed by atoms with Crippen LogP contribution in [-0.4, -0.2) is 33.9 Å². The molecule has 0 bridgehead atoms. The number of thiocarbonyl (C=S) groups is 1. The number of rotatable bonds is 7. The van der Waals surface area contributed by atoms with E-state index < -0.39 is 17.5 Å². The highest BCUT2D eigenvalue weighted by molar-refractivity contribution is 7.80. The second-order valence-electron chi connectivity index (χ2n) is 4.85. The number of aliphatic carboxylic acids is 1. The van der Waals surface area contributed by atoms with Crippen LogP contribution in [0.15, 0.2) is 53.6 Å². The number of hydrazone groups is 1. The molecular formula is C16H14N4O5S. The molecule has 0 saturated carbocycles. The number of hydrogen-bond donors (Lipinski definition) is 3. The molecule has 9 nitrogen and oxygen atoms in total. The molecule has 0 fully saturated rings. The Bertz CT molecular complexity index is 839. The second kappa shape index (κ2) is 9.08. The maximum Gasteiger partial charge on any atom is 0.341 e. The number of anilines is 1. The van der Waals surface area contributed by atoms with Crippen molar-refractivity contribution in [2.24, 2.45) is 5.10 Å². The van der Waals surface area contributed by atoms with Crippen molar-refractivity contribution >= 4 is 40.9 Å². The molecule has 0 amide bonds. The molecule has 2 rings (SSSR count). The van der Waals surface area contributed by atoms with Gasteiger partial charge in [0.25, 0.3) is 5.69 Å². The van der Waals surface area contributed by atoms with E-state index in [1.807, 2.05) is 0 Å². The lowest BCUT2D eigenvalue weighted by Crippen LogP contribution is -2.24. The third-order valence-electron chi connectivity index (χ3n) is 2.97. The number of benzene rings is 2.